The Balaban J connectivity index is 1.65. The smallest absolute Gasteiger partial charge is 0.254 e. The average molecular weight is 381 g/mol. The molecule has 2 aromatic rings. The molecule has 2 saturated heterocycles. The van der Waals surface area contributed by atoms with Gasteiger partial charge in [-0.05, 0) is 37.6 Å². The summed E-state index contributed by atoms with van der Waals surface area (Å²) in [6, 6.07) is 13.1. The van der Waals surface area contributed by atoms with Gasteiger partial charge in [-0.2, -0.15) is 0 Å². The van der Waals surface area contributed by atoms with Crippen LogP contribution in [0.15, 0.2) is 53.5 Å². The lowest BCUT2D eigenvalue weighted by Crippen LogP contribution is -2.51. The molecule has 4 rings (SSSR count). The molecule has 0 N–H and O–H groups in total. The van der Waals surface area contributed by atoms with Gasteiger partial charge >= 0.3 is 0 Å². The highest BCUT2D eigenvalue weighted by molar-refractivity contribution is 5.94. The minimum absolute atomic E-state index is 0.0789. The van der Waals surface area contributed by atoms with E-state index in [1.165, 1.54) is 23.5 Å². The predicted octanol–water partition coefficient (Wildman–Crippen LogP) is 2.06. The first-order valence-electron chi connectivity index (χ1n) is 10.00. The summed E-state index contributed by atoms with van der Waals surface area (Å²) in [7, 11) is 1.68. The van der Waals surface area contributed by atoms with Crippen LogP contribution in [0.1, 0.15) is 34.8 Å². The maximum atomic E-state index is 13.3. The van der Waals surface area contributed by atoms with Gasteiger partial charge in [-0.1, -0.05) is 30.3 Å². The molecular weight excluding hydrogens is 354 g/mol. The van der Waals surface area contributed by atoms with Crippen LogP contribution in [0.2, 0.25) is 0 Å². The van der Waals surface area contributed by atoms with Gasteiger partial charge in [0, 0.05) is 38.0 Å². The van der Waals surface area contributed by atoms with Crippen molar-refractivity contribution in [2.75, 3.05) is 32.8 Å². The van der Waals surface area contributed by atoms with Crippen LogP contribution in [0.3, 0.4) is 0 Å². The molecule has 148 valence electrons. The molecule has 3 heterocycles. The molecule has 2 aliphatic rings. The van der Waals surface area contributed by atoms with Crippen LogP contribution in [0.25, 0.3) is 0 Å². The van der Waals surface area contributed by atoms with Crippen molar-refractivity contribution in [3.05, 3.63) is 70.1 Å². The van der Waals surface area contributed by atoms with Crippen LogP contribution >= 0.6 is 0 Å². The molecule has 0 unspecified atom stereocenters. The Morgan fingerprint density at radius 1 is 1.11 bits per heavy atom. The van der Waals surface area contributed by atoms with Gasteiger partial charge in [0.25, 0.3) is 11.5 Å². The highest BCUT2D eigenvalue weighted by Gasteiger charge is 2.38. The molecule has 1 amide bonds. The second-order valence-electron chi connectivity index (χ2n) is 7.64. The summed E-state index contributed by atoms with van der Waals surface area (Å²) in [6.07, 6.45) is 4.01. The van der Waals surface area contributed by atoms with Crippen LogP contribution in [-0.4, -0.2) is 59.2 Å². The summed E-state index contributed by atoms with van der Waals surface area (Å²) in [5.74, 6) is -0.110. The van der Waals surface area contributed by atoms with Crippen molar-refractivity contribution >= 4 is 5.91 Å². The number of hydrogen-bond acceptors (Lipinski definition) is 4. The zero-order valence-electron chi connectivity index (χ0n) is 16.3. The van der Waals surface area contributed by atoms with E-state index >= 15 is 0 Å². The largest absolute Gasteiger partial charge is 0.373 e. The Morgan fingerprint density at radius 2 is 1.86 bits per heavy atom. The molecule has 0 saturated carbocycles. The van der Waals surface area contributed by atoms with Gasteiger partial charge in [-0.15, -0.1) is 0 Å². The first-order valence-corrected chi connectivity index (χ1v) is 10.00. The summed E-state index contributed by atoms with van der Waals surface area (Å²) in [4.78, 5) is 29.7. The van der Waals surface area contributed by atoms with Crippen LogP contribution in [0, 0.1) is 0 Å². The Kier molecular flexibility index (Phi) is 5.59. The van der Waals surface area contributed by atoms with E-state index in [0.29, 0.717) is 18.7 Å². The van der Waals surface area contributed by atoms with E-state index in [1.807, 2.05) is 23.1 Å². The van der Waals surface area contributed by atoms with Gasteiger partial charge in [0.1, 0.15) is 0 Å². The van der Waals surface area contributed by atoms with Crippen molar-refractivity contribution in [2.45, 2.75) is 25.0 Å². The third kappa shape index (κ3) is 3.88. The topological polar surface area (TPSA) is 54.8 Å². The van der Waals surface area contributed by atoms with Crippen LogP contribution in [0.4, 0.5) is 0 Å². The van der Waals surface area contributed by atoms with Gasteiger partial charge in [-0.3, -0.25) is 9.59 Å². The number of morpholine rings is 1. The monoisotopic (exact) mass is 381 g/mol. The van der Waals surface area contributed by atoms with Crippen LogP contribution in [0.5, 0.6) is 0 Å². The van der Waals surface area contributed by atoms with Gasteiger partial charge in [0.2, 0.25) is 0 Å². The molecule has 0 spiro atoms. The number of benzene rings is 1. The predicted molar refractivity (Wildman–Crippen MR) is 107 cm³/mol. The lowest BCUT2D eigenvalue weighted by molar-refractivity contribution is -0.0707. The fourth-order valence-corrected chi connectivity index (χ4v) is 4.23. The number of amides is 1. The number of ether oxygens (including phenoxy) is 1. The molecule has 2 fully saturated rings. The third-order valence-electron chi connectivity index (χ3n) is 5.74. The highest BCUT2D eigenvalue weighted by Crippen LogP contribution is 2.32. The lowest BCUT2D eigenvalue weighted by atomic mass is 9.96. The van der Waals surface area contributed by atoms with E-state index in [-0.39, 0.29) is 23.6 Å². The number of nitrogens with zero attached hydrogens (tertiary/aromatic N) is 3. The number of hydrogen-bond donors (Lipinski definition) is 0. The summed E-state index contributed by atoms with van der Waals surface area (Å²) in [6.45, 7) is 4.02. The van der Waals surface area contributed by atoms with Gasteiger partial charge < -0.3 is 19.1 Å². The van der Waals surface area contributed by atoms with E-state index in [0.717, 1.165) is 25.2 Å². The first-order chi connectivity index (χ1) is 13.6. The Bertz CT molecular complexity index is 874. The number of pyridine rings is 1. The van der Waals surface area contributed by atoms with Crippen molar-refractivity contribution in [1.82, 2.24) is 14.4 Å². The number of likely N-dealkylation sites (tertiary alicyclic amines) is 1. The van der Waals surface area contributed by atoms with E-state index in [2.05, 4.69) is 17.0 Å². The molecule has 2 atom stereocenters. The fraction of sp³-hybridized carbons (Fsp3) is 0.455. The Labute approximate surface area is 165 Å². The van der Waals surface area contributed by atoms with E-state index in [9.17, 15) is 9.59 Å². The SMILES string of the molecule is Cn1ccc(C(=O)N2CCO[C@@H](CN3CCCC3)[C@@H]2c2ccccc2)cc1=O. The van der Waals surface area contributed by atoms with Crippen molar-refractivity contribution in [3.8, 4) is 0 Å². The normalized spacial score (nSPS) is 23.1. The van der Waals surface area contributed by atoms with E-state index in [4.69, 9.17) is 4.74 Å². The van der Waals surface area contributed by atoms with Crippen molar-refractivity contribution in [3.63, 3.8) is 0 Å². The second-order valence-corrected chi connectivity index (χ2v) is 7.64. The molecular formula is C22H27N3O3. The standard InChI is InChI=1S/C22H27N3O3/c1-23-12-9-18(15-20(23)26)22(27)25-13-14-28-19(16-24-10-5-6-11-24)21(25)17-7-3-2-4-8-17/h2-4,7-9,12,15,19,21H,5-6,10-11,13-14,16H2,1H3/t19-,21-/m0/s1. The fourth-order valence-electron chi connectivity index (χ4n) is 4.23. The Morgan fingerprint density at radius 3 is 2.57 bits per heavy atom. The minimum Gasteiger partial charge on any atom is -0.373 e. The summed E-state index contributed by atoms with van der Waals surface area (Å²) < 4.78 is 7.64. The maximum absolute atomic E-state index is 13.3. The molecule has 1 aromatic heterocycles. The van der Waals surface area contributed by atoms with Gasteiger partial charge in [0.05, 0.1) is 18.8 Å². The minimum atomic E-state index is -0.177. The molecule has 6 nitrogen and oxygen atoms in total. The molecule has 2 aliphatic heterocycles. The molecule has 28 heavy (non-hydrogen) atoms. The zero-order chi connectivity index (χ0) is 19.5. The van der Waals surface area contributed by atoms with Crippen LogP contribution in [-0.2, 0) is 11.8 Å². The highest BCUT2D eigenvalue weighted by atomic mass is 16.5. The van der Waals surface area contributed by atoms with Crippen molar-refractivity contribution in [2.24, 2.45) is 7.05 Å². The quantitative estimate of drug-likeness (QED) is 0.814. The summed E-state index contributed by atoms with van der Waals surface area (Å²) in [5.41, 5.74) is 1.33. The number of rotatable bonds is 4. The summed E-state index contributed by atoms with van der Waals surface area (Å²) >= 11 is 0. The second kappa shape index (κ2) is 8.29. The molecule has 0 bridgehead atoms. The van der Waals surface area contributed by atoms with Gasteiger partial charge in [0.15, 0.2) is 0 Å². The van der Waals surface area contributed by atoms with Crippen molar-refractivity contribution < 1.29 is 9.53 Å². The van der Waals surface area contributed by atoms with Gasteiger partial charge in [-0.25, -0.2) is 0 Å². The molecule has 0 radical (unpaired) electrons. The van der Waals surface area contributed by atoms with E-state index < -0.39 is 0 Å². The lowest BCUT2D eigenvalue weighted by Gasteiger charge is -2.42. The van der Waals surface area contributed by atoms with Crippen molar-refractivity contribution in [1.29, 1.82) is 0 Å². The molecule has 0 aliphatic carbocycles. The Hall–Kier alpha value is -2.44. The summed E-state index contributed by atoms with van der Waals surface area (Å²) in [5, 5.41) is 0. The average Bonchev–Trinajstić information content (AvgIpc) is 3.23. The third-order valence-corrected chi connectivity index (χ3v) is 5.74. The number of carbonyl (C=O) groups excluding carboxylic acids is 1. The molecule has 6 heteroatoms. The van der Waals surface area contributed by atoms with E-state index in [1.54, 1.807) is 19.3 Å². The maximum Gasteiger partial charge on any atom is 0.254 e. The zero-order valence-corrected chi connectivity index (χ0v) is 16.3. The number of aryl methyl sites for hydroxylation is 1. The molecule has 1 aromatic carbocycles. The van der Waals surface area contributed by atoms with Crippen LogP contribution < -0.4 is 5.56 Å². The number of aromatic nitrogens is 1. The number of carbonyl (C=O) groups is 1. The first kappa shape index (κ1) is 18.9.